The predicted molar refractivity (Wildman–Crippen MR) is 69.4 cm³/mol. The molecule has 0 bridgehead atoms. The Labute approximate surface area is 115 Å². The zero-order valence-electron chi connectivity index (χ0n) is 11.0. The predicted octanol–water partition coefficient (Wildman–Crippen LogP) is 1.73. The van der Waals surface area contributed by atoms with Crippen LogP contribution in [0.25, 0.3) is 0 Å². The van der Waals surface area contributed by atoms with E-state index in [1.807, 2.05) is 18.2 Å². The molecule has 0 saturated heterocycles. The molecule has 2 aromatic rings. The molecule has 1 aromatic carbocycles. The average molecular weight is 273 g/mol. The maximum atomic E-state index is 6.18. The first kappa shape index (κ1) is 11.7. The number of benzene rings is 1. The molecule has 1 saturated carbocycles. The summed E-state index contributed by atoms with van der Waals surface area (Å²) in [6.45, 7) is 0.277. The van der Waals surface area contributed by atoms with Crippen LogP contribution in [0, 0.1) is 0 Å². The number of nitrogens with two attached hydrogens (primary N) is 1. The van der Waals surface area contributed by atoms with Gasteiger partial charge in [-0.15, -0.1) is 0 Å². The lowest BCUT2D eigenvalue weighted by Crippen LogP contribution is -2.44. The first-order valence-electron chi connectivity index (χ1n) is 6.73. The van der Waals surface area contributed by atoms with E-state index < -0.39 is 0 Å². The van der Waals surface area contributed by atoms with E-state index in [2.05, 4.69) is 10.1 Å². The zero-order valence-corrected chi connectivity index (χ0v) is 11.0. The minimum Gasteiger partial charge on any atom is -0.454 e. The van der Waals surface area contributed by atoms with Gasteiger partial charge in [-0.25, -0.2) is 0 Å². The van der Waals surface area contributed by atoms with Crippen LogP contribution in [0.3, 0.4) is 0 Å². The largest absolute Gasteiger partial charge is 0.454 e. The Morgan fingerprint density at radius 3 is 2.85 bits per heavy atom. The molecular formula is C14H15N3O3. The van der Waals surface area contributed by atoms with Gasteiger partial charge < -0.3 is 19.7 Å². The maximum Gasteiger partial charge on any atom is 0.231 e. The van der Waals surface area contributed by atoms with Gasteiger partial charge in [0.1, 0.15) is 0 Å². The van der Waals surface area contributed by atoms with E-state index in [-0.39, 0.29) is 12.3 Å². The molecule has 1 fully saturated rings. The fraction of sp³-hybridized carbons (Fsp3) is 0.429. The standard InChI is InChI=1S/C14H15N3O3/c15-14(4-1-5-14)13-16-12(20-17-13)7-9-2-3-10-11(6-9)19-8-18-10/h2-3,6H,1,4-5,7-8,15H2. The van der Waals surface area contributed by atoms with Crippen molar-refractivity contribution in [3.05, 3.63) is 35.5 Å². The number of ether oxygens (including phenoxy) is 2. The van der Waals surface area contributed by atoms with Crippen molar-refractivity contribution in [1.82, 2.24) is 10.1 Å². The molecule has 6 nitrogen and oxygen atoms in total. The van der Waals surface area contributed by atoms with Crippen molar-refractivity contribution >= 4 is 0 Å². The van der Waals surface area contributed by atoms with Crippen LogP contribution in [-0.4, -0.2) is 16.9 Å². The quantitative estimate of drug-likeness (QED) is 0.916. The van der Waals surface area contributed by atoms with Crippen molar-refractivity contribution in [3.8, 4) is 11.5 Å². The smallest absolute Gasteiger partial charge is 0.231 e. The van der Waals surface area contributed by atoms with Crippen molar-refractivity contribution in [2.45, 2.75) is 31.2 Å². The van der Waals surface area contributed by atoms with E-state index in [4.69, 9.17) is 19.7 Å². The molecular weight excluding hydrogens is 258 g/mol. The number of hydrogen-bond acceptors (Lipinski definition) is 6. The van der Waals surface area contributed by atoms with E-state index >= 15 is 0 Å². The van der Waals surface area contributed by atoms with Gasteiger partial charge >= 0.3 is 0 Å². The number of hydrogen-bond donors (Lipinski definition) is 1. The van der Waals surface area contributed by atoms with Crippen LogP contribution >= 0.6 is 0 Å². The summed E-state index contributed by atoms with van der Waals surface area (Å²) < 4.78 is 15.9. The van der Waals surface area contributed by atoms with Gasteiger partial charge in [0, 0.05) is 0 Å². The first-order chi connectivity index (χ1) is 9.73. The third-order valence-electron chi connectivity index (χ3n) is 3.95. The van der Waals surface area contributed by atoms with Gasteiger partial charge in [-0.1, -0.05) is 11.2 Å². The number of fused-ring (bicyclic) bond motifs is 1. The molecule has 104 valence electrons. The molecule has 1 aliphatic heterocycles. The summed E-state index contributed by atoms with van der Waals surface area (Å²) in [4.78, 5) is 4.42. The van der Waals surface area contributed by atoms with Crippen LogP contribution in [0.1, 0.15) is 36.5 Å². The van der Waals surface area contributed by atoms with E-state index in [0.29, 0.717) is 18.1 Å². The maximum absolute atomic E-state index is 6.18. The highest BCUT2D eigenvalue weighted by Gasteiger charge is 2.38. The lowest BCUT2D eigenvalue weighted by Gasteiger charge is -2.34. The topological polar surface area (TPSA) is 83.4 Å². The van der Waals surface area contributed by atoms with E-state index in [0.717, 1.165) is 36.3 Å². The van der Waals surface area contributed by atoms with Crippen LogP contribution in [0.4, 0.5) is 0 Å². The van der Waals surface area contributed by atoms with E-state index in [1.165, 1.54) is 0 Å². The van der Waals surface area contributed by atoms with E-state index in [9.17, 15) is 0 Å². The highest BCUT2D eigenvalue weighted by Crippen LogP contribution is 2.37. The highest BCUT2D eigenvalue weighted by atomic mass is 16.7. The molecule has 0 spiro atoms. The second-order valence-electron chi connectivity index (χ2n) is 5.39. The second-order valence-corrected chi connectivity index (χ2v) is 5.39. The minimum absolute atomic E-state index is 0.277. The van der Waals surface area contributed by atoms with Crippen molar-refractivity contribution in [3.63, 3.8) is 0 Å². The average Bonchev–Trinajstić information content (AvgIpc) is 3.04. The van der Waals surface area contributed by atoms with Crippen molar-refractivity contribution in [1.29, 1.82) is 0 Å². The van der Waals surface area contributed by atoms with Crippen LogP contribution in [-0.2, 0) is 12.0 Å². The molecule has 0 atom stereocenters. The Morgan fingerprint density at radius 1 is 1.20 bits per heavy atom. The molecule has 1 aliphatic carbocycles. The van der Waals surface area contributed by atoms with Gasteiger partial charge in [-0.05, 0) is 37.0 Å². The molecule has 4 rings (SSSR count). The Hall–Kier alpha value is -2.08. The molecule has 0 radical (unpaired) electrons. The first-order valence-corrected chi connectivity index (χ1v) is 6.73. The van der Waals surface area contributed by atoms with Gasteiger partial charge in [-0.3, -0.25) is 0 Å². The summed E-state index contributed by atoms with van der Waals surface area (Å²) in [5, 5.41) is 4.01. The minimum atomic E-state index is -0.378. The molecule has 2 N–H and O–H groups in total. The summed E-state index contributed by atoms with van der Waals surface area (Å²) in [6.07, 6.45) is 3.55. The zero-order chi connectivity index (χ0) is 13.6. The molecule has 6 heteroatoms. The van der Waals surface area contributed by atoms with Crippen LogP contribution in [0.15, 0.2) is 22.7 Å². The summed E-state index contributed by atoms with van der Waals surface area (Å²) >= 11 is 0. The van der Waals surface area contributed by atoms with Gasteiger partial charge in [0.15, 0.2) is 17.3 Å². The molecule has 1 aromatic heterocycles. The van der Waals surface area contributed by atoms with Gasteiger partial charge in [-0.2, -0.15) is 4.98 Å². The molecule has 20 heavy (non-hydrogen) atoms. The Morgan fingerprint density at radius 2 is 2.05 bits per heavy atom. The third kappa shape index (κ3) is 1.84. The summed E-state index contributed by atoms with van der Waals surface area (Å²) in [7, 11) is 0. The monoisotopic (exact) mass is 273 g/mol. The van der Waals surface area contributed by atoms with Gasteiger partial charge in [0.25, 0.3) is 0 Å². The number of nitrogens with zero attached hydrogens (tertiary/aromatic N) is 2. The van der Waals surface area contributed by atoms with Crippen LogP contribution in [0.5, 0.6) is 11.5 Å². The van der Waals surface area contributed by atoms with Gasteiger partial charge in [0.05, 0.1) is 12.0 Å². The highest BCUT2D eigenvalue weighted by molar-refractivity contribution is 5.44. The summed E-state index contributed by atoms with van der Waals surface area (Å²) in [5.74, 6) is 2.74. The Bertz CT molecular complexity index is 649. The van der Waals surface area contributed by atoms with Crippen molar-refractivity contribution in [2.75, 3.05) is 6.79 Å². The molecule has 0 amide bonds. The number of aromatic nitrogens is 2. The molecule has 2 aliphatic rings. The van der Waals surface area contributed by atoms with Crippen LogP contribution < -0.4 is 15.2 Å². The number of rotatable bonds is 3. The Balaban J connectivity index is 1.54. The molecule has 0 unspecified atom stereocenters. The normalized spacial score (nSPS) is 18.9. The fourth-order valence-corrected chi connectivity index (χ4v) is 2.54. The lowest BCUT2D eigenvalue weighted by molar-refractivity contribution is 0.174. The van der Waals surface area contributed by atoms with E-state index in [1.54, 1.807) is 0 Å². The fourth-order valence-electron chi connectivity index (χ4n) is 2.54. The van der Waals surface area contributed by atoms with Gasteiger partial charge in [0.2, 0.25) is 12.7 Å². The molecule has 2 heterocycles. The van der Waals surface area contributed by atoms with Crippen LogP contribution in [0.2, 0.25) is 0 Å². The second kappa shape index (κ2) is 4.21. The Kier molecular flexibility index (Phi) is 2.47. The SMILES string of the molecule is NC1(c2noc(Cc3ccc4c(c3)OCO4)n2)CCC1. The summed E-state index contributed by atoms with van der Waals surface area (Å²) in [5.41, 5.74) is 6.85. The summed E-state index contributed by atoms with van der Waals surface area (Å²) in [6, 6.07) is 5.80. The van der Waals surface area contributed by atoms with Crippen molar-refractivity contribution in [2.24, 2.45) is 5.73 Å². The van der Waals surface area contributed by atoms with Crippen molar-refractivity contribution < 1.29 is 14.0 Å². The lowest BCUT2D eigenvalue weighted by atomic mass is 9.77. The third-order valence-corrected chi connectivity index (χ3v) is 3.95.